The van der Waals surface area contributed by atoms with Gasteiger partial charge in [-0.15, -0.1) is 0 Å². The molecule has 0 aliphatic rings. The first-order valence-electron chi connectivity index (χ1n) is 6.79. The molecule has 0 fully saturated rings. The van der Waals surface area contributed by atoms with Crippen LogP contribution in [0.4, 0.5) is 8.78 Å². The highest BCUT2D eigenvalue weighted by molar-refractivity contribution is 5.41. The Bertz CT molecular complexity index is 608. The molecule has 1 unspecified atom stereocenters. The summed E-state index contributed by atoms with van der Waals surface area (Å²) < 4.78 is 27.1. The van der Waals surface area contributed by atoms with Crippen LogP contribution in [0.2, 0.25) is 0 Å². The number of aryl methyl sites for hydroxylation is 1. The second kappa shape index (κ2) is 6.14. The number of hydrogen-bond donors (Lipinski definition) is 1. The Balaban J connectivity index is 2.53. The second-order valence-corrected chi connectivity index (χ2v) is 4.95. The minimum Gasteiger partial charge on any atom is -0.306 e. The minimum absolute atomic E-state index is 0.263. The average molecular weight is 275 g/mol. The molecule has 0 saturated carbocycles. The Morgan fingerprint density at radius 1 is 1.05 bits per heavy atom. The van der Waals surface area contributed by atoms with Gasteiger partial charge in [-0.2, -0.15) is 0 Å². The first-order valence-corrected chi connectivity index (χ1v) is 6.79. The molecular formula is C17H19F2N. The van der Waals surface area contributed by atoms with Gasteiger partial charge in [0.2, 0.25) is 0 Å². The van der Waals surface area contributed by atoms with Gasteiger partial charge in [-0.05, 0) is 43.1 Å². The molecule has 3 heteroatoms. The summed E-state index contributed by atoms with van der Waals surface area (Å²) in [5.41, 5.74) is 3.79. The summed E-state index contributed by atoms with van der Waals surface area (Å²) >= 11 is 0. The average Bonchev–Trinajstić information content (AvgIpc) is 2.40. The van der Waals surface area contributed by atoms with E-state index in [4.69, 9.17) is 0 Å². The molecule has 2 aromatic rings. The summed E-state index contributed by atoms with van der Waals surface area (Å²) in [4.78, 5) is 0. The van der Waals surface area contributed by atoms with Crippen molar-refractivity contribution in [3.8, 4) is 0 Å². The van der Waals surface area contributed by atoms with E-state index in [9.17, 15) is 8.78 Å². The maximum atomic E-state index is 14.1. The molecule has 106 valence electrons. The molecule has 0 aliphatic heterocycles. The maximum absolute atomic E-state index is 14.1. The quantitative estimate of drug-likeness (QED) is 0.878. The molecule has 0 aliphatic carbocycles. The standard InChI is InChI=1S/C17H19F2N/c1-4-20-17(14-7-5-6-11(2)12(14)3)15-9-8-13(18)10-16(15)19/h5-10,17,20H,4H2,1-3H3. The molecular weight excluding hydrogens is 256 g/mol. The van der Waals surface area contributed by atoms with Gasteiger partial charge in [-0.1, -0.05) is 31.2 Å². The largest absolute Gasteiger partial charge is 0.306 e. The van der Waals surface area contributed by atoms with E-state index >= 15 is 0 Å². The number of nitrogens with one attached hydrogen (secondary N) is 1. The molecule has 0 spiro atoms. The third-order valence-corrected chi connectivity index (χ3v) is 3.64. The van der Waals surface area contributed by atoms with Crippen LogP contribution in [0.5, 0.6) is 0 Å². The Kier molecular flexibility index (Phi) is 4.50. The van der Waals surface area contributed by atoms with Crippen LogP contribution >= 0.6 is 0 Å². The van der Waals surface area contributed by atoms with Gasteiger partial charge in [0, 0.05) is 11.6 Å². The van der Waals surface area contributed by atoms with Crippen molar-refractivity contribution in [2.45, 2.75) is 26.8 Å². The fourth-order valence-electron chi connectivity index (χ4n) is 2.41. The molecule has 2 rings (SSSR count). The Morgan fingerprint density at radius 3 is 2.45 bits per heavy atom. The first-order chi connectivity index (χ1) is 9.54. The maximum Gasteiger partial charge on any atom is 0.131 e. The van der Waals surface area contributed by atoms with E-state index < -0.39 is 11.6 Å². The molecule has 0 saturated heterocycles. The Labute approximate surface area is 118 Å². The lowest BCUT2D eigenvalue weighted by molar-refractivity contribution is 0.540. The summed E-state index contributed by atoms with van der Waals surface area (Å²) in [6, 6.07) is 9.46. The van der Waals surface area contributed by atoms with E-state index in [1.165, 1.54) is 12.1 Å². The summed E-state index contributed by atoms with van der Waals surface area (Å²) in [6.07, 6.45) is 0. The van der Waals surface area contributed by atoms with Crippen LogP contribution in [-0.4, -0.2) is 6.54 Å². The van der Waals surface area contributed by atoms with Crippen LogP contribution in [0.1, 0.15) is 35.2 Å². The van der Waals surface area contributed by atoms with E-state index in [2.05, 4.69) is 5.32 Å². The summed E-state index contributed by atoms with van der Waals surface area (Å²) in [5.74, 6) is -1.07. The van der Waals surface area contributed by atoms with Crippen molar-refractivity contribution in [2.75, 3.05) is 6.54 Å². The highest BCUT2D eigenvalue weighted by Crippen LogP contribution is 2.28. The SMILES string of the molecule is CCNC(c1ccc(F)cc1F)c1cccc(C)c1C. The topological polar surface area (TPSA) is 12.0 Å². The minimum atomic E-state index is -0.553. The van der Waals surface area contributed by atoms with Crippen molar-refractivity contribution in [2.24, 2.45) is 0 Å². The molecule has 1 nitrogen and oxygen atoms in total. The van der Waals surface area contributed by atoms with Crippen LogP contribution in [0.3, 0.4) is 0 Å². The molecule has 20 heavy (non-hydrogen) atoms. The van der Waals surface area contributed by atoms with Crippen molar-refractivity contribution >= 4 is 0 Å². The fraction of sp³-hybridized carbons (Fsp3) is 0.294. The molecule has 0 radical (unpaired) electrons. The lowest BCUT2D eigenvalue weighted by Crippen LogP contribution is -2.24. The zero-order valence-electron chi connectivity index (χ0n) is 12.0. The second-order valence-electron chi connectivity index (χ2n) is 4.95. The van der Waals surface area contributed by atoms with Crippen molar-refractivity contribution in [3.05, 3.63) is 70.3 Å². The monoisotopic (exact) mass is 275 g/mol. The number of hydrogen-bond acceptors (Lipinski definition) is 1. The molecule has 1 atom stereocenters. The third-order valence-electron chi connectivity index (χ3n) is 3.64. The lowest BCUT2D eigenvalue weighted by atomic mass is 9.92. The first kappa shape index (κ1) is 14.7. The Morgan fingerprint density at radius 2 is 1.80 bits per heavy atom. The van der Waals surface area contributed by atoms with E-state index in [-0.39, 0.29) is 6.04 Å². The van der Waals surface area contributed by atoms with E-state index in [0.717, 1.165) is 22.8 Å². The van der Waals surface area contributed by atoms with Gasteiger partial charge >= 0.3 is 0 Å². The van der Waals surface area contributed by atoms with Crippen molar-refractivity contribution in [1.82, 2.24) is 5.32 Å². The number of rotatable bonds is 4. The van der Waals surface area contributed by atoms with Gasteiger partial charge in [0.05, 0.1) is 6.04 Å². The van der Waals surface area contributed by atoms with Gasteiger partial charge < -0.3 is 5.32 Å². The highest BCUT2D eigenvalue weighted by atomic mass is 19.1. The van der Waals surface area contributed by atoms with Crippen LogP contribution < -0.4 is 5.32 Å². The lowest BCUT2D eigenvalue weighted by Gasteiger charge is -2.22. The number of benzene rings is 2. The highest BCUT2D eigenvalue weighted by Gasteiger charge is 2.19. The van der Waals surface area contributed by atoms with E-state index in [1.807, 2.05) is 39.0 Å². The number of halogens is 2. The van der Waals surface area contributed by atoms with Crippen molar-refractivity contribution in [1.29, 1.82) is 0 Å². The van der Waals surface area contributed by atoms with E-state index in [1.54, 1.807) is 0 Å². The normalized spacial score (nSPS) is 12.4. The zero-order chi connectivity index (χ0) is 14.7. The summed E-state index contributed by atoms with van der Waals surface area (Å²) in [7, 11) is 0. The fourth-order valence-corrected chi connectivity index (χ4v) is 2.41. The van der Waals surface area contributed by atoms with Gasteiger partial charge in [0.15, 0.2) is 0 Å². The molecule has 0 amide bonds. The van der Waals surface area contributed by atoms with Crippen LogP contribution in [0, 0.1) is 25.5 Å². The van der Waals surface area contributed by atoms with Crippen LogP contribution in [-0.2, 0) is 0 Å². The molecule has 0 heterocycles. The van der Waals surface area contributed by atoms with Crippen LogP contribution in [0.25, 0.3) is 0 Å². The van der Waals surface area contributed by atoms with E-state index in [0.29, 0.717) is 12.1 Å². The molecule has 0 bridgehead atoms. The third kappa shape index (κ3) is 2.88. The molecule has 1 N–H and O–H groups in total. The van der Waals surface area contributed by atoms with Crippen LogP contribution in [0.15, 0.2) is 36.4 Å². The molecule has 0 aromatic heterocycles. The van der Waals surface area contributed by atoms with Crippen molar-refractivity contribution < 1.29 is 8.78 Å². The summed E-state index contributed by atoms with van der Waals surface area (Å²) in [5, 5.41) is 3.28. The predicted octanol–water partition coefficient (Wildman–Crippen LogP) is 4.28. The predicted molar refractivity (Wildman–Crippen MR) is 77.8 cm³/mol. The molecule has 2 aromatic carbocycles. The zero-order valence-corrected chi connectivity index (χ0v) is 12.0. The van der Waals surface area contributed by atoms with Gasteiger partial charge in [-0.25, -0.2) is 8.78 Å². The van der Waals surface area contributed by atoms with Crippen molar-refractivity contribution in [3.63, 3.8) is 0 Å². The van der Waals surface area contributed by atoms with Gasteiger partial charge in [-0.3, -0.25) is 0 Å². The summed E-state index contributed by atoms with van der Waals surface area (Å²) in [6.45, 7) is 6.73. The Hall–Kier alpha value is -1.74. The van der Waals surface area contributed by atoms with Gasteiger partial charge in [0.25, 0.3) is 0 Å². The van der Waals surface area contributed by atoms with Gasteiger partial charge in [0.1, 0.15) is 11.6 Å². The smallest absolute Gasteiger partial charge is 0.131 e.